The van der Waals surface area contributed by atoms with Gasteiger partial charge in [0, 0.05) is 38.0 Å². The summed E-state index contributed by atoms with van der Waals surface area (Å²) in [7, 11) is 5.34. The van der Waals surface area contributed by atoms with E-state index in [0.717, 1.165) is 6.42 Å². The maximum absolute atomic E-state index is 14.2. The van der Waals surface area contributed by atoms with Crippen LogP contribution in [-0.4, -0.2) is 143 Å². The lowest BCUT2D eigenvalue weighted by molar-refractivity contribution is -0.308. The summed E-state index contributed by atoms with van der Waals surface area (Å²) in [4.78, 5) is 16.2. The van der Waals surface area contributed by atoms with E-state index in [1.807, 2.05) is 39.8 Å². The van der Waals surface area contributed by atoms with E-state index < -0.39 is 89.9 Å². The normalized spacial score (nSPS) is 49.0. The number of nitrogens with zero attached hydrogens (tertiary/aromatic N) is 1. The zero-order chi connectivity index (χ0) is 38.6. The van der Waals surface area contributed by atoms with E-state index in [2.05, 4.69) is 12.2 Å². The quantitative estimate of drug-likeness (QED) is 0.243. The van der Waals surface area contributed by atoms with Gasteiger partial charge in [0.25, 0.3) is 0 Å². The number of aliphatic hydroxyl groups excluding tert-OH is 2. The predicted octanol–water partition coefficient (Wildman–Crippen LogP) is 2.98. The second-order valence-electron chi connectivity index (χ2n) is 16.8. The number of aliphatic hydroxyl groups is 4. The van der Waals surface area contributed by atoms with Crippen molar-refractivity contribution in [2.45, 2.75) is 192 Å². The van der Waals surface area contributed by atoms with E-state index in [9.17, 15) is 25.2 Å². The number of carbonyl (C=O) groups excluding carboxylic acids is 1. The number of rotatable bonds is 7. The summed E-state index contributed by atoms with van der Waals surface area (Å²) in [5.41, 5.74) is -4.13. The number of ether oxygens (including phenoxy) is 6. The van der Waals surface area contributed by atoms with Gasteiger partial charge < -0.3 is 59.1 Å². The molecule has 300 valence electrons. The molecular weight excluding hydrogens is 660 g/mol. The van der Waals surface area contributed by atoms with Crippen LogP contribution in [0.2, 0.25) is 0 Å². The molecule has 0 bridgehead atoms. The van der Waals surface area contributed by atoms with Crippen molar-refractivity contribution in [3.8, 4) is 0 Å². The summed E-state index contributed by atoms with van der Waals surface area (Å²) in [5, 5.41) is 49.9. The van der Waals surface area contributed by atoms with Crippen molar-refractivity contribution in [3.63, 3.8) is 0 Å². The van der Waals surface area contributed by atoms with Gasteiger partial charge in [-0.2, -0.15) is 0 Å². The molecule has 0 aromatic heterocycles. The second kappa shape index (κ2) is 18.1. The van der Waals surface area contributed by atoms with E-state index >= 15 is 0 Å². The van der Waals surface area contributed by atoms with Gasteiger partial charge in [-0.05, 0) is 101 Å². The highest BCUT2D eigenvalue weighted by atomic mass is 16.7. The largest absolute Gasteiger partial charge is 0.459 e. The van der Waals surface area contributed by atoms with Gasteiger partial charge >= 0.3 is 5.97 Å². The SMILES string of the molecule is CC[C@H]1OC(=O)[C@H](C)[C@@H](O[C@H]2C[C@@](C)(OC)[C@@H](O)[C@H](C)O2)[C@H](C)[C@@H](O[C@H]2C[C@@H](NC)C[C@@H](C)O2)[C@](C)(O)C[C@@H](C)CCN(C)[C@H](C)C(O)[C@]1(C)O. The van der Waals surface area contributed by atoms with Gasteiger partial charge in [0.15, 0.2) is 12.6 Å². The molecule has 17 atom stereocenters. The van der Waals surface area contributed by atoms with E-state index in [-0.39, 0.29) is 30.9 Å². The maximum atomic E-state index is 14.2. The molecule has 3 aliphatic rings. The molecule has 3 fully saturated rings. The average molecular weight is 733 g/mol. The summed E-state index contributed by atoms with van der Waals surface area (Å²) in [5.74, 6) is -2.16. The number of cyclic esters (lactones) is 1. The first kappa shape index (κ1) is 44.4. The number of carbonyl (C=O) groups is 1. The Morgan fingerprint density at radius 1 is 0.941 bits per heavy atom. The summed E-state index contributed by atoms with van der Waals surface area (Å²) in [6.45, 7) is 18.7. The number of methoxy groups -OCH3 is 1. The van der Waals surface area contributed by atoms with Crippen LogP contribution in [0.5, 0.6) is 0 Å². The highest BCUT2D eigenvalue weighted by Crippen LogP contribution is 2.40. The van der Waals surface area contributed by atoms with Gasteiger partial charge in [0.1, 0.15) is 23.9 Å². The van der Waals surface area contributed by atoms with Crippen LogP contribution < -0.4 is 5.32 Å². The Hall–Kier alpha value is -0.970. The monoisotopic (exact) mass is 733 g/mol. The van der Waals surface area contributed by atoms with Crippen LogP contribution in [-0.2, 0) is 33.2 Å². The molecule has 0 radical (unpaired) electrons. The molecular formula is C38H72N2O11. The van der Waals surface area contributed by atoms with Gasteiger partial charge in [-0.15, -0.1) is 0 Å². The zero-order valence-corrected chi connectivity index (χ0v) is 33.6. The molecule has 13 nitrogen and oxygen atoms in total. The Morgan fingerprint density at radius 3 is 2.18 bits per heavy atom. The maximum Gasteiger partial charge on any atom is 0.311 e. The molecule has 0 saturated carbocycles. The van der Waals surface area contributed by atoms with Crippen LogP contribution in [0.4, 0.5) is 0 Å². The van der Waals surface area contributed by atoms with Gasteiger partial charge in [0.2, 0.25) is 0 Å². The molecule has 1 unspecified atom stereocenters. The molecule has 51 heavy (non-hydrogen) atoms. The molecule has 13 heteroatoms. The van der Waals surface area contributed by atoms with Crippen LogP contribution in [0.1, 0.15) is 108 Å². The lowest BCUT2D eigenvalue weighted by Crippen LogP contribution is -2.60. The topological polar surface area (TPSA) is 169 Å². The van der Waals surface area contributed by atoms with E-state index in [1.165, 1.54) is 14.0 Å². The summed E-state index contributed by atoms with van der Waals surface area (Å²) < 4.78 is 37.8. The zero-order valence-electron chi connectivity index (χ0n) is 33.6. The third kappa shape index (κ3) is 10.6. The Morgan fingerprint density at radius 2 is 1.59 bits per heavy atom. The van der Waals surface area contributed by atoms with Crippen molar-refractivity contribution in [1.82, 2.24) is 10.2 Å². The molecule has 0 spiro atoms. The van der Waals surface area contributed by atoms with Crippen molar-refractivity contribution < 1.29 is 53.6 Å². The summed E-state index contributed by atoms with van der Waals surface area (Å²) in [6, 6.07) is -0.300. The minimum Gasteiger partial charge on any atom is -0.459 e. The van der Waals surface area contributed by atoms with Crippen LogP contribution in [0.3, 0.4) is 0 Å². The van der Waals surface area contributed by atoms with E-state index in [0.29, 0.717) is 25.8 Å². The predicted molar refractivity (Wildman–Crippen MR) is 193 cm³/mol. The number of likely N-dealkylation sites (N-methyl/N-ethyl adjacent to an activating group) is 1. The van der Waals surface area contributed by atoms with Crippen LogP contribution in [0.25, 0.3) is 0 Å². The third-order valence-corrected chi connectivity index (χ3v) is 12.2. The van der Waals surface area contributed by atoms with E-state index in [4.69, 9.17) is 28.4 Å². The molecule has 5 N–H and O–H groups in total. The van der Waals surface area contributed by atoms with Crippen molar-refractivity contribution in [3.05, 3.63) is 0 Å². The summed E-state index contributed by atoms with van der Waals surface area (Å²) >= 11 is 0. The first-order valence-corrected chi connectivity index (χ1v) is 19.2. The Labute approximate surface area is 307 Å². The Bertz CT molecular complexity index is 1100. The average Bonchev–Trinajstić information content (AvgIpc) is 3.07. The number of esters is 1. The Balaban J connectivity index is 2.13. The van der Waals surface area contributed by atoms with Crippen LogP contribution in [0, 0.1) is 17.8 Å². The number of hydrogen-bond acceptors (Lipinski definition) is 13. The molecule has 0 aromatic carbocycles. The first-order chi connectivity index (χ1) is 23.6. The van der Waals surface area contributed by atoms with Crippen molar-refractivity contribution in [1.29, 1.82) is 0 Å². The first-order valence-electron chi connectivity index (χ1n) is 19.2. The van der Waals surface area contributed by atoms with Crippen molar-refractivity contribution >= 4 is 5.97 Å². The fourth-order valence-electron chi connectivity index (χ4n) is 8.53. The fraction of sp³-hybridized carbons (Fsp3) is 0.974. The van der Waals surface area contributed by atoms with Crippen molar-refractivity contribution in [2.75, 3.05) is 27.7 Å². The third-order valence-electron chi connectivity index (χ3n) is 12.2. The van der Waals surface area contributed by atoms with E-state index in [1.54, 1.807) is 34.6 Å². The van der Waals surface area contributed by atoms with Crippen molar-refractivity contribution in [2.24, 2.45) is 17.8 Å². The number of hydrogen-bond donors (Lipinski definition) is 5. The minimum absolute atomic E-state index is 0.0336. The molecule has 0 amide bonds. The van der Waals surface area contributed by atoms with Crippen LogP contribution >= 0.6 is 0 Å². The van der Waals surface area contributed by atoms with Gasteiger partial charge in [-0.3, -0.25) is 4.79 Å². The smallest absolute Gasteiger partial charge is 0.311 e. The lowest BCUT2D eigenvalue weighted by Gasteiger charge is -2.48. The lowest BCUT2D eigenvalue weighted by atomic mass is 9.77. The number of nitrogens with one attached hydrogen (secondary N) is 1. The fourth-order valence-corrected chi connectivity index (χ4v) is 8.53. The molecule has 0 aliphatic carbocycles. The molecule has 3 aliphatic heterocycles. The van der Waals surface area contributed by atoms with Gasteiger partial charge in [0.05, 0.1) is 41.5 Å². The molecule has 3 rings (SSSR count). The summed E-state index contributed by atoms with van der Waals surface area (Å²) in [6.07, 6.45) is -4.25. The molecule has 0 aromatic rings. The standard InChI is InChI=1S/C38H72N2O11/c1-14-28-38(10,45)32(41)25(6)40(12)16-15-21(2)19-36(8,44)34(51-29-18-27(39-11)17-22(3)47-29)23(4)31(24(5)35(43)49-28)50-30-20-37(9,46-13)33(42)26(7)48-30/h21-34,39,41-42,44-45H,14-20H2,1-13H3/t21-,22+,23-,24+,25+,26-,27-,28+,29-,30-,31-,32?,33-,34+,36+,37+,38+/m0/s1. The second-order valence-corrected chi connectivity index (χ2v) is 16.8. The highest BCUT2D eigenvalue weighted by Gasteiger charge is 2.51. The highest BCUT2D eigenvalue weighted by molar-refractivity contribution is 5.73. The molecule has 3 saturated heterocycles. The van der Waals surface area contributed by atoms with Gasteiger partial charge in [-0.1, -0.05) is 20.8 Å². The van der Waals surface area contributed by atoms with Crippen LogP contribution in [0.15, 0.2) is 0 Å². The van der Waals surface area contributed by atoms with Gasteiger partial charge in [-0.25, -0.2) is 0 Å². The Kier molecular flexibility index (Phi) is 15.8. The molecule has 3 heterocycles. The minimum atomic E-state index is -1.75.